The fourth-order valence-corrected chi connectivity index (χ4v) is 2.96. The lowest BCUT2D eigenvalue weighted by Crippen LogP contribution is -2.54. The number of carbonyl (C=O) groups excluding carboxylic acids is 3. The van der Waals surface area contributed by atoms with Crippen LogP contribution in [0.25, 0.3) is 0 Å². The van der Waals surface area contributed by atoms with Crippen LogP contribution in [0.1, 0.15) is 25.8 Å². The van der Waals surface area contributed by atoms with Gasteiger partial charge in [0, 0.05) is 43.7 Å². The number of hydrogen-bond acceptors (Lipinski definition) is 3. The average molecular weight is 366 g/mol. The van der Waals surface area contributed by atoms with Gasteiger partial charge < -0.3 is 15.1 Å². The van der Waals surface area contributed by atoms with E-state index in [2.05, 4.69) is 5.32 Å². The van der Waals surface area contributed by atoms with E-state index in [9.17, 15) is 14.4 Å². The molecule has 0 radical (unpaired) electrons. The summed E-state index contributed by atoms with van der Waals surface area (Å²) in [5, 5.41) is 3.26. The van der Waals surface area contributed by atoms with E-state index in [1.54, 1.807) is 18.7 Å². The van der Waals surface area contributed by atoms with E-state index < -0.39 is 11.8 Å². The molecule has 0 aliphatic carbocycles. The van der Waals surface area contributed by atoms with Gasteiger partial charge in [0.2, 0.25) is 5.91 Å². The van der Waals surface area contributed by atoms with Crippen LogP contribution in [0.15, 0.2) is 24.3 Å². The maximum Gasteiger partial charge on any atom is 0.312 e. The van der Waals surface area contributed by atoms with Crippen molar-refractivity contribution in [3.8, 4) is 0 Å². The van der Waals surface area contributed by atoms with Gasteiger partial charge in [0.05, 0.1) is 0 Å². The summed E-state index contributed by atoms with van der Waals surface area (Å²) >= 11 is 6.11. The van der Waals surface area contributed by atoms with Crippen LogP contribution in [-0.4, -0.2) is 59.7 Å². The molecule has 7 heteroatoms. The molecule has 0 atom stereocenters. The Morgan fingerprint density at radius 3 is 2.28 bits per heavy atom. The first-order chi connectivity index (χ1) is 11.9. The highest BCUT2D eigenvalue weighted by atomic mass is 35.5. The molecule has 1 N–H and O–H groups in total. The van der Waals surface area contributed by atoms with Crippen LogP contribution in [0.3, 0.4) is 0 Å². The Bertz CT molecular complexity index is 640. The Hall–Kier alpha value is -2.08. The zero-order chi connectivity index (χ0) is 18.4. The second kappa shape index (κ2) is 8.85. The van der Waals surface area contributed by atoms with E-state index >= 15 is 0 Å². The van der Waals surface area contributed by atoms with Gasteiger partial charge >= 0.3 is 11.8 Å². The lowest BCUT2D eigenvalue weighted by molar-refractivity contribution is -0.148. The Labute approximate surface area is 153 Å². The summed E-state index contributed by atoms with van der Waals surface area (Å²) in [4.78, 5) is 39.4. The van der Waals surface area contributed by atoms with Crippen molar-refractivity contribution in [2.45, 2.75) is 32.7 Å². The summed E-state index contributed by atoms with van der Waals surface area (Å²) in [5.41, 5.74) is 0.955. The van der Waals surface area contributed by atoms with Crippen LogP contribution in [0.5, 0.6) is 0 Å². The standard InChI is InChI=1S/C18H24ClN3O3/c1-13(2)20-17(24)18(25)22-11-9-21(10-12-22)16(23)8-7-14-5-3-4-6-15(14)19/h3-6,13H,7-12H2,1-2H3,(H,20,24). The molecule has 1 aliphatic heterocycles. The summed E-state index contributed by atoms with van der Waals surface area (Å²) < 4.78 is 0. The molecule has 1 aliphatic rings. The molecular formula is C18H24ClN3O3. The van der Waals surface area contributed by atoms with E-state index in [4.69, 9.17) is 11.6 Å². The molecule has 25 heavy (non-hydrogen) atoms. The van der Waals surface area contributed by atoms with Crippen LogP contribution in [0.4, 0.5) is 0 Å². The first-order valence-electron chi connectivity index (χ1n) is 8.49. The van der Waals surface area contributed by atoms with Crippen LogP contribution < -0.4 is 5.32 Å². The number of nitrogens with one attached hydrogen (secondary N) is 1. The number of nitrogens with zero attached hydrogens (tertiary/aromatic N) is 2. The van der Waals surface area contributed by atoms with Crippen molar-refractivity contribution in [1.29, 1.82) is 0 Å². The van der Waals surface area contributed by atoms with Gasteiger partial charge in [-0.15, -0.1) is 0 Å². The minimum Gasteiger partial charge on any atom is -0.346 e. The molecule has 1 heterocycles. The maximum atomic E-state index is 12.3. The van der Waals surface area contributed by atoms with Gasteiger partial charge in [-0.2, -0.15) is 0 Å². The summed E-state index contributed by atoms with van der Waals surface area (Å²) in [6, 6.07) is 7.41. The van der Waals surface area contributed by atoms with E-state index in [1.807, 2.05) is 24.3 Å². The quantitative estimate of drug-likeness (QED) is 0.821. The number of halogens is 1. The molecule has 1 fully saturated rings. The van der Waals surface area contributed by atoms with E-state index in [0.29, 0.717) is 44.0 Å². The second-order valence-corrected chi connectivity index (χ2v) is 6.80. The zero-order valence-electron chi connectivity index (χ0n) is 14.6. The molecular weight excluding hydrogens is 342 g/mol. The molecule has 1 aromatic carbocycles. The van der Waals surface area contributed by atoms with Crippen molar-refractivity contribution >= 4 is 29.3 Å². The molecule has 2 rings (SSSR count). The van der Waals surface area contributed by atoms with Crippen molar-refractivity contribution in [3.05, 3.63) is 34.9 Å². The Kier molecular flexibility index (Phi) is 6.82. The second-order valence-electron chi connectivity index (χ2n) is 6.39. The smallest absolute Gasteiger partial charge is 0.312 e. The van der Waals surface area contributed by atoms with Gasteiger partial charge in [-0.25, -0.2) is 0 Å². The molecule has 136 valence electrons. The third-order valence-corrected chi connectivity index (χ3v) is 4.47. The normalized spacial score (nSPS) is 14.6. The SMILES string of the molecule is CC(C)NC(=O)C(=O)N1CCN(C(=O)CCc2ccccc2Cl)CC1. The van der Waals surface area contributed by atoms with Crippen molar-refractivity contribution in [2.24, 2.45) is 0 Å². The van der Waals surface area contributed by atoms with Crippen molar-refractivity contribution in [3.63, 3.8) is 0 Å². The van der Waals surface area contributed by atoms with Gasteiger partial charge in [-0.1, -0.05) is 29.8 Å². The molecule has 0 aromatic heterocycles. The lowest BCUT2D eigenvalue weighted by Gasteiger charge is -2.34. The minimum atomic E-state index is -0.589. The third kappa shape index (κ3) is 5.46. The number of benzene rings is 1. The minimum absolute atomic E-state index is 0.0404. The molecule has 0 bridgehead atoms. The Balaban J connectivity index is 1.79. The van der Waals surface area contributed by atoms with E-state index in [1.165, 1.54) is 4.90 Å². The highest BCUT2D eigenvalue weighted by molar-refractivity contribution is 6.35. The number of aryl methyl sites for hydroxylation is 1. The Morgan fingerprint density at radius 2 is 1.68 bits per heavy atom. The molecule has 0 unspecified atom stereocenters. The maximum absolute atomic E-state index is 12.3. The number of amides is 3. The molecule has 0 spiro atoms. The summed E-state index contributed by atoms with van der Waals surface area (Å²) in [6.07, 6.45) is 0.972. The van der Waals surface area contributed by atoms with Crippen LogP contribution in [-0.2, 0) is 20.8 Å². The lowest BCUT2D eigenvalue weighted by atomic mass is 10.1. The van der Waals surface area contributed by atoms with Crippen molar-refractivity contribution < 1.29 is 14.4 Å². The summed E-state index contributed by atoms with van der Waals surface area (Å²) in [5.74, 6) is -1.08. The van der Waals surface area contributed by atoms with Gasteiger partial charge in [-0.05, 0) is 31.9 Å². The molecule has 1 saturated heterocycles. The van der Waals surface area contributed by atoms with Gasteiger partial charge in [0.15, 0.2) is 0 Å². The number of rotatable bonds is 4. The van der Waals surface area contributed by atoms with Crippen molar-refractivity contribution in [1.82, 2.24) is 15.1 Å². The van der Waals surface area contributed by atoms with Crippen LogP contribution in [0, 0.1) is 0 Å². The molecule has 0 saturated carbocycles. The number of piperazine rings is 1. The molecule has 1 aromatic rings. The summed E-state index contributed by atoms with van der Waals surface area (Å²) in [7, 11) is 0. The monoisotopic (exact) mass is 365 g/mol. The van der Waals surface area contributed by atoms with E-state index in [0.717, 1.165) is 5.56 Å². The molecule has 3 amide bonds. The highest BCUT2D eigenvalue weighted by Crippen LogP contribution is 2.17. The van der Waals surface area contributed by atoms with Gasteiger partial charge in [0.25, 0.3) is 0 Å². The van der Waals surface area contributed by atoms with Gasteiger partial charge in [0.1, 0.15) is 0 Å². The fourth-order valence-electron chi connectivity index (χ4n) is 2.73. The predicted octanol–water partition coefficient (Wildman–Crippen LogP) is 1.47. The fraction of sp³-hybridized carbons (Fsp3) is 0.500. The first-order valence-corrected chi connectivity index (χ1v) is 8.87. The topological polar surface area (TPSA) is 69.7 Å². The van der Waals surface area contributed by atoms with Gasteiger partial charge in [-0.3, -0.25) is 14.4 Å². The van der Waals surface area contributed by atoms with Crippen LogP contribution >= 0.6 is 11.6 Å². The average Bonchev–Trinajstić information content (AvgIpc) is 2.59. The third-order valence-electron chi connectivity index (χ3n) is 4.10. The first kappa shape index (κ1) is 19.2. The number of carbonyl (C=O) groups is 3. The van der Waals surface area contributed by atoms with Crippen LogP contribution in [0.2, 0.25) is 5.02 Å². The molecule has 6 nitrogen and oxygen atoms in total. The number of hydrogen-bond donors (Lipinski definition) is 1. The van der Waals surface area contributed by atoms with Crippen molar-refractivity contribution in [2.75, 3.05) is 26.2 Å². The van der Waals surface area contributed by atoms with E-state index in [-0.39, 0.29) is 11.9 Å². The summed E-state index contributed by atoms with van der Waals surface area (Å²) in [6.45, 7) is 5.26. The highest BCUT2D eigenvalue weighted by Gasteiger charge is 2.27. The Morgan fingerprint density at radius 1 is 1.08 bits per heavy atom. The largest absolute Gasteiger partial charge is 0.346 e. The predicted molar refractivity (Wildman–Crippen MR) is 96.2 cm³/mol. The zero-order valence-corrected chi connectivity index (χ0v) is 15.4.